The van der Waals surface area contributed by atoms with Gasteiger partial charge >= 0.3 is 5.97 Å². The zero-order chi connectivity index (χ0) is 11.6. The third-order valence-corrected chi connectivity index (χ3v) is 2.48. The third kappa shape index (κ3) is 2.79. The van der Waals surface area contributed by atoms with E-state index in [1.807, 2.05) is 27.1 Å². The lowest BCUT2D eigenvalue weighted by molar-refractivity contribution is -0.137. The summed E-state index contributed by atoms with van der Waals surface area (Å²) in [5.74, 6) is -1.00. The Morgan fingerprint density at radius 2 is 2.33 bits per heavy atom. The molecule has 5 heteroatoms. The largest absolute Gasteiger partial charge is 0.481 e. The van der Waals surface area contributed by atoms with E-state index in [0.717, 1.165) is 11.3 Å². The van der Waals surface area contributed by atoms with Crippen LogP contribution in [0, 0.1) is 6.92 Å². The molecule has 2 unspecified atom stereocenters. The second-order valence-electron chi connectivity index (χ2n) is 3.91. The first-order valence-corrected chi connectivity index (χ1v) is 4.89. The standard InChI is InChI=1S/C10H17N3O2/c1-6(11)8(4-10(14)15)9-5-13(3)12-7(9)2/h5-6,8H,4,11H2,1-3H3,(H,14,15). The summed E-state index contributed by atoms with van der Waals surface area (Å²) in [7, 11) is 1.81. The Kier molecular flexibility index (Phi) is 3.47. The van der Waals surface area contributed by atoms with E-state index in [1.54, 1.807) is 4.68 Å². The van der Waals surface area contributed by atoms with Crippen LogP contribution in [0.2, 0.25) is 0 Å². The maximum Gasteiger partial charge on any atom is 0.304 e. The average molecular weight is 211 g/mol. The highest BCUT2D eigenvalue weighted by Gasteiger charge is 2.23. The number of carbonyl (C=O) groups is 1. The Morgan fingerprint density at radius 3 is 2.67 bits per heavy atom. The van der Waals surface area contributed by atoms with Crippen molar-refractivity contribution in [1.82, 2.24) is 9.78 Å². The Morgan fingerprint density at radius 1 is 1.73 bits per heavy atom. The molecule has 2 atom stereocenters. The van der Waals surface area contributed by atoms with Gasteiger partial charge in [-0.05, 0) is 19.4 Å². The van der Waals surface area contributed by atoms with Crippen molar-refractivity contribution >= 4 is 5.97 Å². The molecule has 0 amide bonds. The van der Waals surface area contributed by atoms with Crippen LogP contribution in [-0.4, -0.2) is 26.9 Å². The smallest absolute Gasteiger partial charge is 0.304 e. The maximum atomic E-state index is 10.7. The van der Waals surface area contributed by atoms with Gasteiger partial charge in [0.25, 0.3) is 0 Å². The number of aryl methyl sites for hydroxylation is 2. The fraction of sp³-hybridized carbons (Fsp3) is 0.600. The van der Waals surface area contributed by atoms with Crippen LogP contribution in [0.5, 0.6) is 0 Å². The molecule has 0 bridgehead atoms. The normalized spacial score (nSPS) is 14.9. The van der Waals surface area contributed by atoms with E-state index in [4.69, 9.17) is 10.8 Å². The fourth-order valence-corrected chi connectivity index (χ4v) is 1.75. The lowest BCUT2D eigenvalue weighted by Crippen LogP contribution is -2.27. The van der Waals surface area contributed by atoms with Crippen molar-refractivity contribution in [1.29, 1.82) is 0 Å². The van der Waals surface area contributed by atoms with E-state index in [0.29, 0.717) is 0 Å². The van der Waals surface area contributed by atoms with Gasteiger partial charge in [0.1, 0.15) is 0 Å². The first kappa shape index (κ1) is 11.7. The minimum absolute atomic E-state index is 0.0458. The Hall–Kier alpha value is -1.36. The highest BCUT2D eigenvalue weighted by atomic mass is 16.4. The SMILES string of the molecule is Cc1nn(C)cc1C(CC(=O)O)C(C)N. The number of aromatic nitrogens is 2. The van der Waals surface area contributed by atoms with Crippen molar-refractivity contribution in [2.24, 2.45) is 12.8 Å². The minimum Gasteiger partial charge on any atom is -0.481 e. The summed E-state index contributed by atoms with van der Waals surface area (Å²) < 4.78 is 1.68. The Balaban J connectivity index is 2.98. The van der Waals surface area contributed by atoms with Crippen molar-refractivity contribution in [2.45, 2.75) is 32.2 Å². The predicted molar refractivity (Wildman–Crippen MR) is 56.6 cm³/mol. The van der Waals surface area contributed by atoms with Gasteiger partial charge in [0.2, 0.25) is 0 Å². The van der Waals surface area contributed by atoms with Gasteiger partial charge in [-0.1, -0.05) is 0 Å². The molecule has 0 aromatic carbocycles. The first-order chi connectivity index (χ1) is 6.91. The van der Waals surface area contributed by atoms with Gasteiger partial charge in [-0.2, -0.15) is 5.10 Å². The predicted octanol–water partition coefficient (Wildman–Crippen LogP) is 0.634. The topological polar surface area (TPSA) is 81.1 Å². The molecule has 0 saturated carbocycles. The summed E-state index contributed by atoms with van der Waals surface area (Å²) in [4.78, 5) is 10.7. The summed E-state index contributed by atoms with van der Waals surface area (Å²) in [6.07, 6.45) is 1.89. The molecule has 0 aliphatic rings. The van der Waals surface area contributed by atoms with E-state index >= 15 is 0 Å². The number of nitrogens with zero attached hydrogens (tertiary/aromatic N) is 2. The fourth-order valence-electron chi connectivity index (χ4n) is 1.75. The number of hydrogen-bond acceptors (Lipinski definition) is 3. The van der Waals surface area contributed by atoms with Gasteiger partial charge in [-0.15, -0.1) is 0 Å². The second kappa shape index (κ2) is 4.44. The number of nitrogens with two attached hydrogens (primary N) is 1. The molecule has 3 N–H and O–H groups in total. The molecule has 0 radical (unpaired) electrons. The number of rotatable bonds is 4. The van der Waals surface area contributed by atoms with E-state index < -0.39 is 5.97 Å². The second-order valence-corrected chi connectivity index (χ2v) is 3.91. The molecule has 5 nitrogen and oxygen atoms in total. The molecule has 0 aliphatic heterocycles. The molecule has 0 spiro atoms. The van der Waals surface area contributed by atoms with E-state index in [1.165, 1.54) is 0 Å². The first-order valence-electron chi connectivity index (χ1n) is 4.89. The molecule has 1 rings (SSSR count). The zero-order valence-electron chi connectivity index (χ0n) is 9.27. The van der Waals surface area contributed by atoms with Gasteiger partial charge in [-0.3, -0.25) is 9.48 Å². The van der Waals surface area contributed by atoms with Crippen LogP contribution >= 0.6 is 0 Å². The average Bonchev–Trinajstić information content (AvgIpc) is 2.40. The molecular formula is C10H17N3O2. The van der Waals surface area contributed by atoms with E-state index in [9.17, 15) is 4.79 Å². The van der Waals surface area contributed by atoms with Crippen molar-refractivity contribution in [3.05, 3.63) is 17.5 Å². The summed E-state index contributed by atoms with van der Waals surface area (Å²) in [6.45, 7) is 3.69. The number of hydrogen-bond donors (Lipinski definition) is 2. The Bertz CT molecular complexity index is 358. The molecule has 0 saturated heterocycles. The Labute approximate surface area is 88.9 Å². The van der Waals surface area contributed by atoms with Gasteiger partial charge in [-0.25, -0.2) is 0 Å². The van der Waals surface area contributed by atoms with Gasteiger partial charge < -0.3 is 10.8 Å². The third-order valence-electron chi connectivity index (χ3n) is 2.48. The zero-order valence-corrected chi connectivity index (χ0v) is 9.27. The van der Waals surface area contributed by atoms with Crippen LogP contribution in [0.15, 0.2) is 6.20 Å². The quantitative estimate of drug-likeness (QED) is 0.765. The monoisotopic (exact) mass is 211 g/mol. The number of aliphatic carboxylic acids is 1. The molecule has 1 heterocycles. The molecule has 0 aliphatic carbocycles. The van der Waals surface area contributed by atoms with Gasteiger partial charge in [0.15, 0.2) is 0 Å². The van der Waals surface area contributed by atoms with Crippen LogP contribution in [0.4, 0.5) is 0 Å². The van der Waals surface area contributed by atoms with Gasteiger partial charge in [0, 0.05) is 25.2 Å². The van der Waals surface area contributed by atoms with Crippen LogP contribution in [0.1, 0.15) is 30.5 Å². The van der Waals surface area contributed by atoms with Crippen molar-refractivity contribution in [3.63, 3.8) is 0 Å². The van der Waals surface area contributed by atoms with E-state index in [2.05, 4.69) is 5.10 Å². The molecular weight excluding hydrogens is 194 g/mol. The van der Waals surface area contributed by atoms with Crippen LogP contribution in [-0.2, 0) is 11.8 Å². The number of carboxylic acids is 1. The lowest BCUT2D eigenvalue weighted by Gasteiger charge is -2.18. The molecule has 1 aromatic heterocycles. The highest BCUT2D eigenvalue weighted by Crippen LogP contribution is 2.24. The molecule has 15 heavy (non-hydrogen) atoms. The van der Waals surface area contributed by atoms with E-state index in [-0.39, 0.29) is 18.4 Å². The van der Waals surface area contributed by atoms with Crippen molar-refractivity contribution in [3.8, 4) is 0 Å². The molecule has 1 aromatic rings. The maximum absolute atomic E-state index is 10.7. The minimum atomic E-state index is -0.833. The number of carboxylic acid groups (broad SMARTS) is 1. The van der Waals surface area contributed by atoms with Crippen molar-refractivity contribution < 1.29 is 9.90 Å². The highest BCUT2D eigenvalue weighted by molar-refractivity contribution is 5.68. The molecule has 0 fully saturated rings. The van der Waals surface area contributed by atoms with Crippen LogP contribution < -0.4 is 5.73 Å². The summed E-state index contributed by atoms with van der Waals surface area (Å²) >= 11 is 0. The molecule has 84 valence electrons. The van der Waals surface area contributed by atoms with Crippen molar-refractivity contribution in [2.75, 3.05) is 0 Å². The summed E-state index contributed by atoms with van der Waals surface area (Å²) in [5.41, 5.74) is 7.57. The summed E-state index contributed by atoms with van der Waals surface area (Å²) in [6, 6.07) is -0.191. The van der Waals surface area contributed by atoms with Crippen LogP contribution in [0.3, 0.4) is 0 Å². The summed E-state index contributed by atoms with van der Waals surface area (Å²) in [5, 5.41) is 13.0. The van der Waals surface area contributed by atoms with Crippen LogP contribution in [0.25, 0.3) is 0 Å². The van der Waals surface area contributed by atoms with Gasteiger partial charge in [0.05, 0.1) is 12.1 Å². The lowest BCUT2D eigenvalue weighted by atomic mass is 9.90.